The van der Waals surface area contributed by atoms with Crippen LogP contribution in [0, 0.1) is 18.6 Å². The molecule has 5 heteroatoms. The smallest absolute Gasteiger partial charge is 0.161 e. The summed E-state index contributed by atoms with van der Waals surface area (Å²) in [7, 11) is 0. The summed E-state index contributed by atoms with van der Waals surface area (Å²) in [6, 6.07) is 10.3. The number of hydrogen-bond donors (Lipinski definition) is 0. The van der Waals surface area contributed by atoms with E-state index in [4.69, 9.17) is 4.74 Å². The summed E-state index contributed by atoms with van der Waals surface area (Å²) in [4.78, 5) is 4.63. The second kappa shape index (κ2) is 7.06. The zero-order chi connectivity index (χ0) is 18.1. The van der Waals surface area contributed by atoms with Crippen molar-refractivity contribution in [3.63, 3.8) is 0 Å². The summed E-state index contributed by atoms with van der Waals surface area (Å²) in [6.07, 6.45) is 4.51. The first-order chi connectivity index (χ1) is 12.6. The maximum atomic E-state index is 13.8. The van der Waals surface area contributed by atoms with E-state index in [1.54, 1.807) is 0 Å². The average molecular weight is 356 g/mol. The minimum absolute atomic E-state index is 0.355. The predicted octanol–water partition coefficient (Wildman–Crippen LogP) is 5.36. The third-order valence-electron chi connectivity index (χ3n) is 5.14. The summed E-state index contributed by atoms with van der Waals surface area (Å²) in [6.45, 7) is 3.04. The molecule has 0 aliphatic heterocycles. The molecule has 0 amide bonds. The van der Waals surface area contributed by atoms with Gasteiger partial charge in [0.2, 0.25) is 0 Å². The Morgan fingerprint density at radius 1 is 1.08 bits per heavy atom. The van der Waals surface area contributed by atoms with Crippen LogP contribution in [0.25, 0.3) is 11.0 Å². The second-order valence-corrected chi connectivity index (χ2v) is 7.02. The minimum Gasteiger partial charge on any atom is -0.492 e. The van der Waals surface area contributed by atoms with Crippen molar-refractivity contribution >= 4 is 11.0 Å². The molecule has 4 rings (SSSR count). The van der Waals surface area contributed by atoms with Crippen molar-refractivity contribution in [3.05, 3.63) is 59.4 Å². The van der Waals surface area contributed by atoms with E-state index in [-0.39, 0.29) is 0 Å². The van der Waals surface area contributed by atoms with Gasteiger partial charge < -0.3 is 9.30 Å². The number of rotatable bonds is 5. The number of ether oxygens (including phenoxy) is 1. The lowest BCUT2D eigenvalue weighted by atomic mass is 10.1. The molecule has 0 radical (unpaired) electrons. The van der Waals surface area contributed by atoms with E-state index >= 15 is 0 Å². The van der Waals surface area contributed by atoms with Crippen molar-refractivity contribution in [2.24, 2.45) is 0 Å². The van der Waals surface area contributed by atoms with Gasteiger partial charge in [-0.3, -0.25) is 0 Å². The fraction of sp³-hybridized carbons (Fsp3) is 0.381. The van der Waals surface area contributed by atoms with Crippen LogP contribution in [0.1, 0.15) is 43.0 Å². The Morgan fingerprint density at radius 2 is 1.77 bits per heavy atom. The number of hydrogen-bond acceptors (Lipinski definition) is 2. The van der Waals surface area contributed by atoms with E-state index in [9.17, 15) is 8.78 Å². The highest BCUT2D eigenvalue weighted by molar-refractivity contribution is 5.76. The van der Waals surface area contributed by atoms with Crippen LogP contribution in [0.4, 0.5) is 8.78 Å². The van der Waals surface area contributed by atoms with Gasteiger partial charge in [0, 0.05) is 18.1 Å². The molecule has 0 bridgehead atoms. The van der Waals surface area contributed by atoms with Crippen LogP contribution in [0.15, 0.2) is 36.4 Å². The molecule has 3 nitrogen and oxygen atoms in total. The third-order valence-corrected chi connectivity index (χ3v) is 5.14. The van der Waals surface area contributed by atoms with E-state index in [1.165, 1.54) is 30.5 Å². The van der Waals surface area contributed by atoms with Crippen LogP contribution in [0.2, 0.25) is 0 Å². The first-order valence-corrected chi connectivity index (χ1v) is 9.16. The van der Waals surface area contributed by atoms with Crippen LogP contribution >= 0.6 is 0 Å². The molecule has 1 heterocycles. The molecular weight excluding hydrogens is 334 g/mol. The lowest BCUT2D eigenvalue weighted by Crippen LogP contribution is -2.13. The number of aryl methyl sites for hydroxylation is 1. The van der Waals surface area contributed by atoms with Gasteiger partial charge in [0.25, 0.3) is 0 Å². The van der Waals surface area contributed by atoms with Crippen molar-refractivity contribution < 1.29 is 13.5 Å². The highest BCUT2D eigenvalue weighted by atomic mass is 19.2. The Hall–Kier alpha value is -2.43. The minimum atomic E-state index is -0.851. The Balaban J connectivity index is 1.61. The Bertz CT molecular complexity index is 912. The van der Waals surface area contributed by atoms with Crippen molar-refractivity contribution in [3.8, 4) is 5.75 Å². The zero-order valence-corrected chi connectivity index (χ0v) is 14.8. The van der Waals surface area contributed by atoms with Gasteiger partial charge >= 0.3 is 0 Å². The first-order valence-electron chi connectivity index (χ1n) is 9.16. The second-order valence-electron chi connectivity index (χ2n) is 7.02. The molecule has 1 saturated carbocycles. The fourth-order valence-electron chi connectivity index (χ4n) is 3.76. The van der Waals surface area contributed by atoms with Gasteiger partial charge in [-0.05, 0) is 31.9 Å². The SMILES string of the molecule is Cc1ccc(OCCn2c(C3CCCC3)nc3cc(F)c(F)cc32)cc1. The zero-order valence-electron chi connectivity index (χ0n) is 14.8. The third kappa shape index (κ3) is 3.30. The van der Waals surface area contributed by atoms with Crippen LogP contribution in [0.3, 0.4) is 0 Å². The topological polar surface area (TPSA) is 27.1 Å². The van der Waals surface area contributed by atoms with Gasteiger partial charge in [-0.25, -0.2) is 13.8 Å². The molecule has 1 fully saturated rings. The molecule has 26 heavy (non-hydrogen) atoms. The van der Waals surface area contributed by atoms with E-state index in [0.717, 1.165) is 24.4 Å². The van der Waals surface area contributed by atoms with Gasteiger partial charge in [-0.15, -0.1) is 0 Å². The van der Waals surface area contributed by atoms with Crippen LogP contribution < -0.4 is 4.74 Å². The maximum Gasteiger partial charge on any atom is 0.161 e. The van der Waals surface area contributed by atoms with Crippen LogP contribution in [-0.2, 0) is 6.54 Å². The standard InChI is InChI=1S/C21H22F2N2O/c1-14-6-8-16(9-7-14)26-11-10-25-20-13-18(23)17(22)12-19(20)24-21(25)15-4-2-3-5-15/h6-9,12-13,15H,2-5,10-11H2,1H3. The lowest BCUT2D eigenvalue weighted by Gasteiger charge is -2.14. The number of fused-ring (bicyclic) bond motifs is 1. The summed E-state index contributed by atoms with van der Waals surface area (Å²) < 4.78 is 35.3. The van der Waals surface area contributed by atoms with E-state index in [0.29, 0.717) is 30.1 Å². The van der Waals surface area contributed by atoms with Gasteiger partial charge in [-0.2, -0.15) is 0 Å². The molecule has 0 N–H and O–H groups in total. The van der Waals surface area contributed by atoms with Gasteiger partial charge in [-0.1, -0.05) is 30.5 Å². The average Bonchev–Trinajstić information content (AvgIpc) is 3.26. The van der Waals surface area contributed by atoms with E-state index in [1.807, 2.05) is 35.8 Å². The monoisotopic (exact) mass is 356 g/mol. The van der Waals surface area contributed by atoms with Gasteiger partial charge in [0.05, 0.1) is 17.6 Å². The Kier molecular flexibility index (Phi) is 4.62. The molecule has 0 spiro atoms. The van der Waals surface area contributed by atoms with Crippen molar-refractivity contribution in [1.29, 1.82) is 0 Å². The molecule has 1 aliphatic rings. The van der Waals surface area contributed by atoms with Gasteiger partial charge in [0.15, 0.2) is 11.6 Å². The Morgan fingerprint density at radius 3 is 2.50 bits per heavy atom. The highest BCUT2D eigenvalue weighted by Crippen LogP contribution is 2.35. The number of halogens is 2. The summed E-state index contributed by atoms with van der Waals surface area (Å²) >= 11 is 0. The molecule has 2 aromatic carbocycles. The molecule has 136 valence electrons. The van der Waals surface area contributed by atoms with E-state index in [2.05, 4.69) is 4.98 Å². The molecule has 0 saturated heterocycles. The number of benzene rings is 2. The molecule has 0 unspecified atom stereocenters. The predicted molar refractivity (Wildman–Crippen MR) is 97.5 cm³/mol. The quantitative estimate of drug-likeness (QED) is 0.615. The number of aromatic nitrogens is 2. The van der Waals surface area contributed by atoms with Crippen molar-refractivity contribution in [2.45, 2.75) is 45.1 Å². The molecule has 1 aromatic heterocycles. The number of imidazole rings is 1. The molecule has 0 atom stereocenters. The van der Waals surface area contributed by atoms with E-state index < -0.39 is 11.6 Å². The highest BCUT2D eigenvalue weighted by Gasteiger charge is 2.24. The number of nitrogens with zero attached hydrogens (tertiary/aromatic N) is 2. The summed E-state index contributed by atoms with van der Waals surface area (Å²) in [5, 5.41) is 0. The van der Waals surface area contributed by atoms with Gasteiger partial charge in [0.1, 0.15) is 18.2 Å². The summed E-state index contributed by atoms with van der Waals surface area (Å²) in [5.74, 6) is 0.398. The normalized spacial score (nSPS) is 15.0. The lowest BCUT2D eigenvalue weighted by molar-refractivity contribution is 0.297. The molecular formula is C21H22F2N2O. The maximum absolute atomic E-state index is 13.8. The fourth-order valence-corrected chi connectivity index (χ4v) is 3.76. The van der Waals surface area contributed by atoms with Crippen LogP contribution in [-0.4, -0.2) is 16.2 Å². The van der Waals surface area contributed by atoms with Crippen LogP contribution in [0.5, 0.6) is 5.75 Å². The largest absolute Gasteiger partial charge is 0.492 e. The van der Waals surface area contributed by atoms with Crippen molar-refractivity contribution in [2.75, 3.05) is 6.61 Å². The van der Waals surface area contributed by atoms with Crippen molar-refractivity contribution in [1.82, 2.24) is 9.55 Å². The molecule has 1 aliphatic carbocycles. The Labute approximate surface area is 151 Å². The molecule has 3 aromatic rings. The summed E-state index contributed by atoms with van der Waals surface area (Å²) in [5.41, 5.74) is 2.33. The first kappa shape index (κ1) is 17.0.